The number of hydrogen-bond donors (Lipinski definition) is 2. The molecule has 0 fully saturated rings. The molecular formula is C11H11NO3. The quantitative estimate of drug-likeness (QED) is 0.738. The number of phenolic OH excluding ortho intramolecular Hbond substituents is 1. The van der Waals surface area contributed by atoms with Gasteiger partial charge in [-0.05, 0) is 19.1 Å². The number of aromatic hydroxyl groups is 1. The van der Waals surface area contributed by atoms with E-state index in [1.807, 2.05) is 6.07 Å². The van der Waals surface area contributed by atoms with Gasteiger partial charge in [-0.2, -0.15) is 0 Å². The molecule has 2 rings (SSSR count). The second-order valence-electron chi connectivity index (χ2n) is 3.30. The van der Waals surface area contributed by atoms with E-state index in [0.717, 1.165) is 5.39 Å². The highest BCUT2D eigenvalue weighted by molar-refractivity contribution is 6.09. The zero-order chi connectivity index (χ0) is 11.0. The van der Waals surface area contributed by atoms with Crippen molar-refractivity contribution in [3.63, 3.8) is 0 Å². The molecule has 1 heterocycles. The SMILES string of the molecule is COc1cc2cc[nH]c2c(C(C)=O)c1O. The molecule has 0 unspecified atom stereocenters. The molecule has 0 spiro atoms. The lowest BCUT2D eigenvalue weighted by Crippen LogP contribution is -1.96. The fourth-order valence-electron chi connectivity index (χ4n) is 1.67. The van der Waals surface area contributed by atoms with Crippen molar-refractivity contribution in [2.45, 2.75) is 6.92 Å². The molecule has 4 nitrogen and oxygen atoms in total. The van der Waals surface area contributed by atoms with Crippen LogP contribution in [0.2, 0.25) is 0 Å². The molecule has 15 heavy (non-hydrogen) atoms. The average molecular weight is 205 g/mol. The van der Waals surface area contributed by atoms with Crippen LogP contribution < -0.4 is 4.74 Å². The summed E-state index contributed by atoms with van der Waals surface area (Å²) in [4.78, 5) is 14.3. The number of carbonyl (C=O) groups is 1. The van der Waals surface area contributed by atoms with Gasteiger partial charge in [-0.3, -0.25) is 4.79 Å². The highest BCUT2D eigenvalue weighted by atomic mass is 16.5. The topological polar surface area (TPSA) is 62.3 Å². The van der Waals surface area contributed by atoms with E-state index in [-0.39, 0.29) is 17.1 Å². The van der Waals surface area contributed by atoms with Crippen molar-refractivity contribution >= 4 is 16.7 Å². The normalized spacial score (nSPS) is 10.5. The molecule has 1 aromatic heterocycles. The molecule has 78 valence electrons. The Kier molecular flexibility index (Phi) is 2.11. The van der Waals surface area contributed by atoms with Gasteiger partial charge in [-0.25, -0.2) is 0 Å². The largest absolute Gasteiger partial charge is 0.504 e. The van der Waals surface area contributed by atoms with Crippen LogP contribution in [0, 0.1) is 0 Å². The van der Waals surface area contributed by atoms with Gasteiger partial charge in [0.05, 0.1) is 18.2 Å². The van der Waals surface area contributed by atoms with E-state index in [1.165, 1.54) is 14.0 Å². The van der Waals surface area contributed by atoms with Gasteiger partial charge in [-0.1, -0.05) is 0 Å². The number of phenols is 1. The molecule has 0 bridgehead atoms. The van der Waals surface area contributed by atoms with Gasteiger partial charge >= 0.3 is 0 Å². The predicted molar refractivity (Wildman–Crippen MR) is 56.5 cm³/mol. The summed E-state index contributed by atoms with van der Waals surface area (Å²) in [6, 6.07) is 3.51. The summed E-state index contributed by atoms with van der Waals surface area (Å²) in [6.07, 6.45) is 1.72. The molecule has 2 N–H and O–H groups in total. The van der Waals surface area contributed by atoms with Gasteiger partial charge in [-0.15, -0.1) is 0 Å². The first-order valence-electron chi connectivity index (χ1n) is 4.53. The molecule has 1 aromatic carbocycles. The number of ketones is 1. The average Bonchev–Trinajstić information content (AvgIpc) is 2.63. The second kappa shape index (κ2) is 3.31. The van der Waals surface area contributed by atoms with Gasteiger partial charge in [0.15, 0.2) is 17.3 Å². The van der Waals surface area contributed by atoms with E-state index < -0.39 is 0 Å². The second-order valence-corrected chi connectivity index (χ2v) is 3.30. The highest BCUT2D eigenvalue weighted by Crippen LogP contribution is 2.36. The number of aromatic nitrogens is 1. The van der Waals surface area contributed by atoms with Crippen LogP contribution in [0.3, 0.4) is 0 Å². The van der Waals surface area contributed by atoms with Crippen LogP contribution in [0.1, 0.15) is 17.3 Å². The smallest absolute Gasteiger partial charge is 0.170 e. The third-order valence-corrected chi connectivity index (χ3v) is 2.36. The number of methoxy groups -OCH3 is 1. The van der Waals surface area contributed by atoms with E-state index in [0.29, 0.717) is 11.3 Å². The molecule has 0 saturated carbocycles. The number of rotatable bonds is 2. The Morgan fingerprint density at radius 3 is 2.87 bits per heavy atom. The van der Waals surface area contributed by atoms with Gasteiger partial charge in [0.1, 0.15) is 0 Å². The van der Waals surface area contributed by atoms with Crippen LogP contribution in [0.15, 0.2) is 18.3 Å². The summed E-state index contributed by atoms with van der Waals surface area (Å²) in [6.45, 7) is 1.41. The molecule has 2 aromatic rings. The third-order valence-electron chi connectivity index (χ3n) is 2.36. The van der Waals surface area contributed by atoms with Crippen molar-refractivity contribution in [1.29, 1.82) is 0 Å². The summed E-state index contributed by atoms with van der Waals surface area (Å²) in [5, 5.41) is 10.7. The van der Waals surface area contributed by atoms with Crippen molar-refractivity contribution in [3.8, 4) is 11.5 Å². The molecule has 0 amide bonds. The monoisotopic (exact) mass is 205 g/mol. The summed E-state index contributed by atoms with van der Waals surface area (Å²) in [7, 11) is 1.46. The zero-order valence-corrected chi connectivity index (χ0v) is 8.50. The molecule has 0 aliphatic carbocycles. The minimum Gasteiger partial charge on any atom is -0.504 e. The van der Waals surface area contributed by atoms with Crippen LogP contribution in [-0.2, 0) is 0 Å². The number of H-pyrrole nitrogens is 1. The van der Waals surface area contributed by atoms with Crippen molar-refractivity contribution in [1.82, 2.24) is 4.98 Å². The minimum atomic E-state index is -0.196. The summed E-state index contributed by atoms with van der Waals surface area (Å²) < 4.78 is 5.00. The maximum Gasteiger partial charge on any atom is 0.170 e. The standard InChI is InChI=1S/C11H11NO3/c1-6(13)9-10-7(3-4-12-10)5-8(15-2)11(9)14/h3-5,12,14H,1-2H3. The van der Waals surface area contributed by atoms with Crippen LogP contribution in [0.4, 0.5) is 0 Å². The fraction of sp³-hybridized carbons (Fsp3) is 0.182. The van der Waals surface area contributed by atoms with Gasteiger partial charge in [0.2, 0.25) is 0 Å². The highest BCUT2D eigenvalue weighted by Gasteiger charge is 2.17. The number of hydrogen-bond acceptors (Lipinski definition) is 3. The lowest BCUT2D eigenvalue weighted by Gasteiger charge is -2.08. The van der Waals surface area contributed by atoms with Crippen molar-refractivity contribution < 1.29 is 14.6 Å². The summed E-state index contributed by atoms with van der Waals surface area (Å²) in [5.74, 6) is 0.00565. The van der Waals surface area contributed by atoms with Gasteiger partial charge < -0.3 is 14.8 Å². The van der Waals surface area contributed by atoms with Crippen LogP contribution in [0.5, 0.6) is 11.5 Å². The van der Waals surface area contributed by atoms with Gasteiger partial charge in [0, 0.05) is 11.6 Å². The minimum absolute atomic E-state index is 0.111. The summed E-state index contributed by atoms with van der Waals surface area (Å²) >= 11 is 0. The maximum absolute atomic E-state index is 11.4. The Morgan fingerprint density at radius 2 is 2.27 bits per heavy atom. The molecular weight excluding hydrogens is 194 g/mol. The van der Waals surface area contributed by atoms with Crippen LogP contribution in [-0.4, -0.2) is 23.0 Å². The molecule has 0 aliphatic rings. The molecule has 0 radical (unpaired) electrons. The Labute approximate surface area is 86.5 Å². The Morgan fingerprint density at radius 1 is 1.53 bits per heavy atom. The van der Waals surface area contributed by atoms with Crippen molar-refractivity contribution in [3.05, 3.63) is 23.9 Å². The first kappa shape index (κ1) is 9.58. The first-order valence-corrected chi connectivity index (χ1v) is 4.53. The lowest BCUT2D eigenvalue weighted by atomic mass is 10.1. The van der Waals surface area contributed by atoms with Crippen LogP contribution in [0.25, 0.3) is 10.9 Å². The van der Waals surface area contributed by atoms with E-state index >= 15 is 0 Å². The Balaban J connectivity index is 2.87. The predicted octanol–water partition coefficient (Wildman–Crippen LogP) is 2.08. The van der Waals surface area contributed by atoms with Crippen molar-refractivity contribution in [2.75, 3.05) is 7.11 Å². The van der Waals surface area contributed by atoms with E-state index in [9.17, 15) is 9.90 Å². The fourth-order valence-corrected chi connectivity index (χ4v) is 1.67. The van der Waals surface area contributed by atoms with E-state index in [4.69, 9.17) is 4.74 Å². The Hall–Kier alpha value is -1.97. The number of ether oxygens (including phenoxy) is 1. The number of benzene rings is 1. The molecule has 0 saturated heterocycles. The molecule has 4 heteroatoms. The maximum atomic E-state index is 11.4. The zero-order valence-electron chi connectivity index (χ0n) is 8.50. The molecule has 0 aliphatic heterocycles. The van der Waals surface area contributed by atoms with E-state index in [2.05, 4.69) is 4.98 Å². The van der Waals surface area contributed by atoms with Crippen molar-refractivity contribution in [2.24, 2.45) is 0 Å². The third kappa shape index (κ3) is 1.34. The van der Waals surface area contributed by atoms with Crippen LogP contribution >= 0.6 is 0 Å². The lowest BCUT2D eigenvalue weighted by molar-refractivity contribution is 0.101. The van der Waals surface area contributed by atoms with Gasteiger partial charge in [0.25, 0.3) is 0 Å². The van der Waals surface area contributed by atoms with E-state index in [1.54, 1.807) is 12.3 Å². The first-order chi connectivity index (χ1) is 7.15. The number of nitrogens with one attached hydrogen (secondary N) is 1. The Bertz CT molecular complexity index is 528. The number of carbonyl (C=O) groups excluding carboxylic acids is 1. The summed E-state index contributed by atoms with van der Waals surface area (Å²) in [5.41, 5.74) is 0.912. The number of fused-ring (bicyclic) bond motifs is 1. The number of aromatic amines is 1. The molecule has 0 atom stereocenters. The number of Topliss-reactive ketones (excluding diaryl/α,β-unsaturated/α-hetero) is 1.